The van der Waals surface area contributed by atoms with Gasteiger partial charge in [0.25, 0.3) is 5.91 Å². The fraction of sp³-hybridized carbons (Fsp3) is 0.250. The predicted octanol–water partition coefficient (Wildman–Crippen LogP) is 2.49. The molecule has 6 nitrogen and oxygen atoms in total. The number of pyridine rings is 1. The zero-order valence-electron chi connectivity index (χ0n) is 13.2. The molecule has 0 aliphatic carbocycles. The summed E-state index contributed by atoms with van der Waals surface area (Å²) in [5.74, 6) is -0.126. The second kappa shape index (κ2) is 6.29. The third-order valence-corrected chi connectivity index (χ3v) is 4.71. The van der Waals surface area contributed by atoms with Crippen LogP contribution in [0.2, 0.25) is 0 Å². The summed E-state index contributed by atoms with van der Waals surface area (Å²) in [5.41, 5.74) is 3.54. The van der Waals surface area contributed by atoms with Crippen LogP contribution in [0.15, 0.2) is 30.6 Å². The van der Waals surface area contributed by atoms with Crippen LogP contribution in [0.4, 0.5) is 0 Å². The van der Waals surface area contributed by atoms with Gasteiger partial charge in [0.05, 0.1) is 17.9 Å². The highest BCUT2D eigenvalue weighted by Gasteiger charge is 2.16. The van der Waals surface area contributed by atoms with Gasteiger partial charge < -0.3 is 5.32 Å². The Labute approximate surface area is 138 Å². The number of carbonyl (C=O) groups excluding carboxylic acids is 1. The van der Waals surface area contributed by atoms with Crippen LogP contribution in [0.5, 0.6) is 0 Å². The molecule has 3 rings (SSSR count). The first-order valence-corrected chi connectivity index (χ1v) is 8.02. The van der Waals surface area contributed by atoms with E-state index in [1.165, 1.54) is 11.3 Å². The molecule has 0 saturated heterocycles. The van der Waals surface area contributed by atoms with Crippen molar-refractivity contribution in [3.05, 3.63) is 52.6 Å². The quantitative estimate of drug-likeness (QED) is 0.799. The molecule has 1 N–H and O–H groups in total. The van der Waals surface area contributed by atoms with Gasteiger partial charge in [-0.2, -0.15) is 5.10 Å². The topological polar surface area (TPSA) is 72.7 Å². The lowest BCUT2D eigenvalue weighted by Gasteiger charge is -2.01. The average Bonchev–Trinajstić information content (AvgIpc) is 3.09. The highest BCUT2D eigenvalue weighted by atomic mass is 32.1. The maximum absolute atomic E-state index is 12.4. The molecule has 0 bridgehead atoms. The van der Waals surface area contributed by atoms with Crippen molar-refractivity contribution >= 4 is 17.2 Å². The van der Waals surface area contributed by atoms with Crippen LogP contribution in [-0.4, -0.2) is 25.7 Å². The molecule has 3 heterocycles. The van der Waals surface area contributed by atoms with E-state index in [0.717, 1.165) is 27.7 Å². The van der Waals surface area contributed by atoms with Crippen molar-refractivity contribution in [2.24, 2.45) is 7.05 Å². The number of thiazole rings is 1. The van der Waals surface area contributed by atoms with E-state index in [0.29, 0.717) is 11.4 Å². The van der Waals surface area contributed by atoms with Gasteiger partial charge in [-0.15, -0.1) is 11.3 Å². The minimum Gasteiger partial charge on any atom is -0.346 e. The molecule has 0 spiro atoms. The Bertz CT molecular complexity index is 818. The van der Waals surface area contributed by atoms with Crippen LogP contribution in [0.1, 0.15) is 26.8 Å². The Hall–Kier alpha value is -2.54. The van der Waals surface area contributed by atoms with Gasteiger partial charge in [0, 0.05) is 30.7 Å². The first kappa shape index (κ1) is 15.4. The van der Waals surface area contributed by atoms with E-state index in [1.54, 1.807) is 17.1 Å². The maximum atomic E-state index is 12.4. The standard InChI is InChI=1S/C16H17N5OS/c1-10-7-13(20-21(10)3)9-18-15(22)14-11(2)19-16(23-14)12-5-4-6-17-8-12/h4-8H,9H2,1-3H3,(H,18,22). The third kappa shape index (κ3) is 3.29. The molecule has 7 heteroatoms. The molecular weight excluding hydrogens is 310 g/mol. The van der Waals surface area contributed by atoms with Crippen LogP contribution in [0, 0.1) is 13.8 Å². The van der Waals surface area contributed by atoms with Crippen LogP contribution in [0.25, 0.3) is 10.6 Å². The van der Waals surface area contributed by atoms with E-state index in [-0.39, 0.29) is 5.91 Å². The molecule has 0 unspecified atom stereocenters. The number of hydrogen-bond acceptors (Lipinski definition) is 5. The summed E-state index contributed by atoms with van der Waals surface area (Å²) >= 11 is 1.38. The summed E-state index contributed by atoms with van der Waals surface area (Å²) in [6.07, 6.45) is 3.46. The Kier molecular flexibility index (Phi) is 4.20. The van der Waals surface area contributed by atoms with Crippen molar-refractivity contribution in [1.82, 2.24) is 25.1 Å². The van der Waals surface area contributed by atoms with Crippen LogP contribution < -0.4 is 5.32 Å². The maximum Gasteiger partial charge on any atom is 0.263 e. The molecule has 0 aliphatic heterocycles. The molecule has 0 atom stereocenters. The largest absolute Gasteiger partial charge is 0.346 e. The number of aryl methyl sites for hydroxylation is 3. The first-order valence-electron chi connectivity index (χ1n) is 7.20. The molecule has 0 fully saturated rings. The number of amides is 1. The summed E-state index contributed by atoms with van der Waals surface area (Å²) < 4.78 is 1.79. The lowest BCUT2D eigenvalue weighted by atomic mass is 10.3. The van der Waals surface area contributed by atoms with E-state index >= 15 is 0 Å². The second-order valence-corrected chi connectivity index (χ2v) is 6.26. The van der Waals surface area contributed by atoms with Gasteiger partial charge >= 0.3 is 0 Å². The van der Waals surface area contributed by atoms with E-state index in [1.807, 2.05) is 39.1 Å². The normalized spacial score (nSPS) is 10.7. The highest BCUT2D eigenvalue weighted by Crippen LogP contribution is 2.27. The molecule has 118 valence electrons. The lowest BCUT2D eigenvalue weighted by molar-refractivity contribution is 0.0953. The summed E-state index contributed by atoms with van der Waals surface area (Å²) in [5, 5.41) is 8.03. The van der Waals surface area contributed by atoms with Gasteiger partial charge in [-0.25, -0.2) is 4.98 Å². The van der Waals surface area contributed by atoms with Gasteiger partial charge in [0.15, 0.2) is 0 Å². The van der Waals surface area contributed by atoms with Gasteiger partial charge in [-0.1, -0.05) is 0 Å². The predicted molar refractivity (Wildman–Crippen MR) is 89.2 cm³/mol. The number of rotatable bonds is 4. The minimum atomic E-state index is -0.126. The van der Waals surface area contributed by atoms with Crippen molar-refractivity contribution in [3.8, 4) is 10.6 Å². The molecule has 1 amide bonds. The molecule has 3 aromatic rings. The van der Waals surface area contributed by atoms with Crippen molar-refractivity contribution in [2.45, 2.75) is 20.4 Å². The number of nitrogens with one attached hydrogen (secondary N) is 1. The lowest BCUT2D eigenvalue weighted by Crippen LogP contribution is -2.22. The Morgan fingerprint density at radius 3 is 2.87 bits per heavy atom. The summed E-state index contributed by atoms with van der Waals surface area (Å²) in [4.78, 5) is 21.6. The first-order chi connectivity index (χ1) is 11.0. The number of nitrogens with zero attached hydrogens (tertiary/aromatic N) is 4. The zero-order valence-corrected chi connectivity index (χ0v) is 14.0. The van der Waals surface area contributed by atoms with Gasteiger partial charge in [0.2, 0.25) is 0 Å². The van der Waals surface area contributed by atoms with E-state index < -0.39 is 0 Å². The molecular formula is C16H17N5OS. The van der Waals surface area contributed by atoms with Crippen LogP contribution in [0.3, 0.4) is 0 Å². The molecule has 0 aliphatic rings. The van der Waals surface area contributed by atoms with Gasteiger partial charge in [0.1, 0.15) is 9.88 Å². The zero-order chi connectivity index (χ0) is 16.4. The fourth-order valence-electron chi connectivity index (χ4n) is 2.19. The van der Waals surface area contributed by atoms with E-state index in [4.69, 9.17) is 0 Å². The molecule has 0 aromatic carbocycles. The van der Waals surface area contributed by atoms with Gasteiger partial charge in [-0.05, 0) is 32.0 Å². The Morgan fingerprint density at radius 2 is 2.22 bits per heavy atom. The van der Waals surface area contributed by atoms with Crippen LogP contribution in [-0.2, 0) is 13.6 Å². The van der Waals surface area contributed by atoms with E-state index in [2.05, 4.69) is 20.4 Å². The monoisotopic (exact) mass is 327 g/mol. The molecule has 0 saturated carbocycles. The molecule has 23 heavy (non-hydrogen) atoms. The Morgan fingerprint density at radius 1 is 1.39 bits per heavy atom. The van der Waals surface area contributed by atoms with E-state index in [9.17, 15) is 4.79 Å². The summed E-state index contributed by atoms with van der Waals surface area (Å²) in [6.45, 7) is 4.22. The van der Waals surface area contributed by atoms with Crippen molar-refractivity contribution in [3.63, 3.8) is 0 Å². The summed E-state index contributed by atoms with van der Waals surface area (Å²) in [6, 6.07) is 5.75. The smallest absolute Gasteiger partial charge is 0.263 e. The highest BCUT2D eigenvalue weighted by molar-refractivity contribution is 7.17. The second-order valence-electron chi connectivity index (χ2n) is 5.26. The van der Waals surface area contributed by atoms with Crippen molar-refractivity contribution < 1.29 is 4.79 Å². The van der Waals surface area contributed by atoms with Crippen LogP contribution >= 0.6 is 11.3 Å². The summed E-state index contributed by atoms with van der Waals surface area (Å²) in [7, 11) is 1.88. The third-order valence-electron chi connectivity index (χ3n) is 3.51. The SMILES string of the molecule is Cc1nc(-c2cccnc2)sc1C(=O)NCc1cc(C)n(C)n1. The van der Waals surface area contributed by atoms with Gasteiger partial charge in [-0.3, -0.25) is 14.5 Å². The fourth-order valence-corrected chi connectivity index (χ4v) is 3.17. The number of hydrogen-bond donors (Lipinski definition) is 1. The van der Waals surface area contributed by atoms with Crippen molar-refractivity contribution in [1.29, 1.82) is 0 Å². The number of carbonyl (C=O) groups is 1. The molecule has 3 aromatic heterocycles. The van der Waals surface area contributed by atoms with Crippen molar-refractivity contribution in [2.75, 3.05) is 0 Å². The average molecular weight is 327 g/mol. The molecule has 0 radical (unpaired) electrons. The minimum absolute atomic E-state index is 0.126. The number of aromatic nitrogens is 4. The Balaban J connectivity index is 1.74.